The van der Waals surface area contributed by atoms with E-state index in [0.29, 0.717) is 13.0 Å². The molecule has 5 nitrogen and oxygen atoms in total. The summed E-state index contributed by atoms with van der Waals surface area (Å²) in [6.45, 7) is 7.21. The van der Waals surface area contributed by atoms with Gasteiger partial charge in [-0.1, -0.05) is 84.0 Å². The van der Waals surface area contributed by atoms with E-state index in [9.17, 15) is 4.79 Å². The number of carbonyl (C=O) groups excluding carboxylic acids is 1. The van der Waals surface area contributed by atoms with E-state index < -0.39 is 0 Å². The molecule has 0 saturated carbocycles. The molecule has 0 saturated heterocycles. The Hall–Kier alpha value is -0.650. The molecule has 0 aromatic heterocycles. The van der Waals surface area contributed by atoms with Crippen LogP contribution in [0.4, 0.5) is 0 Å². The first-order valence-corrected chi connectivity index (χ1v) is 12.6. The standard InChI is InChI=1S/C24H52N4O/c1-2-3-4-5-6-7-8-9-10-11-12-15-20-27-24(29)17-22-28(23-19-26)21-16-13-14-18-25/h2-23,25-26H2,1H3,(H,27,29). The minimum absolute atomic E-state index is 0.178. The fourth-order valence-corrected chi connectivity index (χ4v) is 3.72. The third kappa shape index (κ3) is 21.9. The number of nitrogens with one attached hydrogen (secondary N) is 1. The third-order valence-corrected chi connectivity index (χ3v) is 5.63. The quantitative estimate of drug-likeness (QED) is 0.214. The SMILES string of the molecule is CCCCCCCCCCCCCCNC(=O)CCN(CCN)CCCCCN. The number of nitrogens with zero attached hydrogens (tertiary/aromatic N) is 1. The van der Waals surface area contributed by atoms with Crippen molar-refractivity contribution in [2.24, 2.45) is 11.5 Å². The first-order chi connectivity index (χ1) is 14.2. The van der Waals surface area contributed by atoms with Crippen LogP contribution in [0.25, 0.3) is 0 Å². The van der Waals surface area contributed by atoms with Gasteiger partial charge in [0.05, 0.1) is 0 Å². The van der Waals surface area contributed by atoms with Crippen LogP contribution in [0.2, 0.25) is 0 Å². The fraction of sp³-hybridized carbons (Fsp3) is 0.958. The summed E-state index contributed by atoms with van der Waals surface area (Å²) < 4.78 is 0. The summed E-state index contributed by atoms with van der Waals surface area (Å²) in [5, 5.41) is 3.08. The lowest BCUT2D eigenvalue weighted by molar-refractivity contribution is -0.121. The monoisotopic (exact) mass is 412 g/mol. The number of amides is 1. The Morgan fingerprint density at radius 3 is 1.76 bits per heavy atom. The molecule has 0 aromatic carbocycles. The Kier molecular flexibility index (Phi) is 23.1. The van der Waals surface area contributed by atoms with Crippen molar-refractivity contribution in [2.45, 2.75) is 110 Å². The average Bonchev–Trinajstić information content (AvgIpc) is 2.72. The molecule has 0 atom stereocenters. The van der Waals surface area contributed by atoms with E-state index in [1.807, 2.05) is 0 Å². The zero-order chi connectivity index (χ0) is 21.4. The second-order valence-corrected chi connectivity index (χ2v) is 8.47. The van der Waals surface area contributed by atoms with E-state index in [0.717, 1.165) is 58.4 Å². The van der Waals surface area contributed by atoms with Gasteiger partial charge in [-0.15, -0.1) is 0 Å². The summed E-state index contributed by atoms with van der Waals surface area (Å²) in [5.74, 6) is 0.178. The van der Waals surface area contributed by atoms with Crippen molar-refractivity contribution < 1.29 is 4.79 Å². The molecule has 0 spiro atoms. The number of carbonyl (C=O) groups is 1. The largest absolute Gasteiger partial charge is 0.356 e. The van der Waals surface area contributed by atoms with Gasteiger partial charge in [0.15, 0.2) is 0 Å². The van der Waals surface area contributed by atoms with E-state index in [2.05, 4.69) is 17.1 Å². The van der Waals surface area contributed by atoms with Gasteiger partial charge in [0.25, 0.3) is 0 Å². The molecule has 174 valence electrons. The molecule has 0 rings (SSSR count). The highest BCUT2D eigenvalue weighted by atomic mass is 16.1. The Morgan fingerprint density at radius 1 is 0.655 bits per heavy atom. The van der Waals surface area contributed by atoms with E-state index in [1.54, 1.807) is 0 Å². The first-order valence-electron chi connectivity index (χ1n) is 12.6. The molecule has 1 amide bonds. The Labute approximate surface area is 181 Å². The number of nitrogens with two attached hydrogens (primary N) is 2. The van der Waals surface area contributed by atoms with Crippen molar-refractivity contribution in [1.82, 2.24) is 10.2 Å². The first kappa shape index (κ1) is 28.4. The average molecular weight is 413 g/mol. The maximum absolute atomic E-state index is 12.0. The van der Waals surface area contributed by atoms with E-state index in [4.69, 9.17) is 11.5 Å². The molecule has 0 aliphatic heterocycles. The molecule has 0 fully saturated rings. The molecule has 0 heterocycles. The number of hydrogen-bond donors (Lipinski definition) is 3. The number of unbranched alkanes of at least 4 members (excludes halogenated alkanes) is 13. The van der Waals surface area contributed by atoms with Gasteiger partial charge < -0.3 is 21.7 Å². The smallest absolute Gasteiger partial charge is 0.221 e. The van der Waals surface area contributed by atoms with Crippen LogP contribution in [0, 0.1) is 0 Å². The predicted octanol–water partition coefficient (Wildman–Crippen LogP) is 4.58. The zero-order valence-corrected chi connectivity index (χ0v) is 19.6. The summed E-state index contributed by atoms with van der Waals surface area (Å²) in [4.78, 5) is 14.3. The Balaban J connectivity index is 3.45. The van der Waals surface area contributed by atoms with Crippen molar-refractivity contribution in [3.05, 3.63) is 0 Å². The van der Waals surface area contributed by atoms with Crippen molar-refractivity contribution in [3.8, 4) is 0 Å². The summed E-state index contributed by atoms with van der Waals surface area (Å²) in [6.07, 6.45) is 20.1. The van der Waals surface area contributed by atoms with E-state index >= 15 is 0 Å². The normalized spacial score (nSPS) is 11.3. The van der Waals surface area contributed by atoms with Crippen molar-refractivity contribution in [3.63, 3.8) is 0 Å². The number of hydrogen-bond acceptors (Lipinski definition) is 4. The summed E-state index contributed by atoms with van der Waals surface area (Å²) >= 11 is 0. The lowest BCUT2D eigenvalue weighted by atomic mass is 10.1. The highest BCUT2D eigenvalue weighted by Crippen LogP contribution is 2.11. The molecule has 0 aromatic rings. The zero-order valence-electron chi connectivity index (χ0n) is 19.6. The molecular formula is C24H52N4O. The van der Waals surface area contributed by atoms with Crippen LogP contribution < -0.4 is 16.8 Å². The van der Waals surface area contributed by atoms with Gasteiger partial charge in [-0.3, -0.25) is 4.79 Å². The topological polar surface area (TPSA) is 84.4 Å². The van der Waals surface area contributed by atoms with Crippen LogP contribution in [0.1, 0.15) is 110 Å². The van der Waals surface area contributed by atoms with Crippen LogP contribution in [0.15, 0.2) is 0 Å². The molecule has 0 unspecified atom stereocenters. The summed E-state index contributed by atoms with van der Waals surface area (Å²) in [6, 6.07) is 0. The Morgan fingerprint density at radius 2 is 1.21 bits per heavy atom. The highest BCUT2D eigenvalue weighted by molar-refractivity contribution is 5.75. The molecule has 0 radical (unpaired) electrons. The molecule has 0 aliphatic carbocycles. The van der Waals surface area contributed by atoms with Crippen LogP contribution in [-0.4, -0.2) is 50.1 Å². The second-order valence-electron chi connectivity index (χ2n) is 8.47. The molecule has 29 heavy (non-hydrogen) atoms. The second kappa shape index (κ2) is 23.6. The maximum Gasteiger partial charge on any atom is 0.221 e. The maximum atomic E-state index is 12.0. The molecular weight excluding hydrogens is 360 g/mol. The molecule has 0 bridgehead atoms. The minimum Gasteiger partial charge on any atom is -0.356 e. The van der Waals surface area contributed by atoms with Crippen LogP contribution in [0.3, 0.4) is 0 Å². The minimum atomic E-state index is 0.178. The summed E-state index contributed by atoms with van der Waals surface area (Å²) in [7, 11) is 0. The van der Waals surface area contributed by atoms with Gasteiger partial charge in [-0.05, 0) is 32.4 Å². The van der Waals surface area contributed by atoms with Crippen LogP contribution in [0.5, 0.6) is 0 Å². The molecule has 5 heteroatoms. The van der Waals surface area contributed by atoms with Gasteiger partial charge in [0.1, 0.15) is 0 Å². The van der Waals surface area contributed by atoms with Crippen molar-refractivity contribution >= 4 is 5.91 Å². The van der Waals surface area contributed by atoms with Crippen LogP contribution >= 0.6 is 0 Å². The lowest BCUT2D eigenvalue weighted by Gasteiger charge is -2.21. The van der Waals surface area contributed by atoms with Gasteiger partial charge in [-0.25, -0.2) is 0 Å². The van der Waals surface area contributed by atoms with E-state index in [1.165, 1.54) is 70.6 Å². The van der Waals surface area contributed by atoms with Crippen molar-refractivity contribution in [2.75, 3.05) is 39.3 Å². The predicted molar refractivity (Wildman–Crippen MR) is 127 cm³/mol. The van der Waals surface area contributed by atoms with Gasteiger partial charge in [-0.2, -0.15) is 0 Å². The van der Waals surface area contributed by atoms with E-state index in [-0.39, 0.29) is 5.91 Å². The van der Waals surface area contributed by atoms with Crippen LogP contribution in [-0.2, 0) is 4.79 Å². The van der Waals surface area contributed by atoms with Crippen molar-refractivity contribution in [1.29, 1.82) is 0 Å². The highest BCUT2D eigenvalue weighted by Gasteiger charge is 2.07. The Bertz CT molecular complexity index is 339. The van der Waals surface area contributed by atoms with Gasteiger partial charge >= 0.3 is 0 Å². The molecule has 5 N–H and O–H groups in total. The van der Waals surface area contributed by atoms with Gasteiger partial charge in [0.2, 0.25) is 5.91 Å². The third-order valence-electron chi connectivity index (χ3n) is 5.63. The summed E-state index contributed by atoms with van der Waals surface area (Å²) in [5.41, 5.74) is 11.2. The molecule has 0 aliphatic rings. The van der Waals surface area contributed by atoms with Gasteiger partial charge in [0, 0.05) is 32.6 Å². The number of rotatable bonds is 23. The fourth-order valence-electron chi connectivity index (χ4n) is 3.72. The lowest BCUT2D eigenvalue weighted by Crippen LogP contribution is -2.35.